The van der Waals surface area contributed by atoms with Gasteiger partial charge in [0.05, 0.1) is 12.1 Å². The van der Waals surface area contributed by atoms with Gasteiger partial charge in [0.25, 0.3) is 5.91 Å². The molecule has 0 bridgehead atoms. The van der Waals surface area contributed by atoms with Gasteiger partial charge in [0.1, 0.15) is 17.9 Å². The first-order valence-electron chi connectivity index (χ1n) is 8.33. The zero-order valence-electron chi connectivity index (χ0n) is 14.6. The summed E-state index contributed by atoms with van der Waals surface area (Å²) in [6.07, 6.45) is -2.75. The fourth-order valence-electron chi connectivity index (χ4n) is 2.46. The molecule has 0 saturated heterocycles. The Balaban J connectivity index is 1.49. The molecule has 3 rings (SSSR count). The van der Waals surface area contributed by atoms with Crippen molar-refractivity contribution >= 4 is 16.8 Å². The Morgan fingerprint density at radius 2 is 1.79 bits per heavy atom. The molecule has 1 aromatic heterocycles. The molecular formula is C21H15F3N2O2. The Labute approximate surface area is 159 Å². The number of nitrogens with one attached hydrogen (secondary N) is 1. The summed E-state index contributed by atoms with van der Waals surface area (Å²) in [7, 11) is 0. The van der Waals surface area contributed by atoms with Gasteiger partial charge in [-0.15, -0.1) is 0 Å². The molecule has 3 aromatic rings. The van der Waals surface area contributed by atoms with Crippen molar-refractivity contribution in [2.24, 2.45) is 0 Å². The zero-order chi connectivity index (χ0) is 20.0. The van der Waals surface area contributed by atoms with Gasteiger partial charge in [0.2, 0.25) is 0 Å². The van der Waals surface area contributed by atoms with Crippen LogP contribution < -0.4 is 10.1 Å². The number of para-hydroxylation sites is 1. The largest absolute Gasteiger partial charge is 0.479 e. The standard InChI is InChI=1S/C21H15F3N2O2/c22-21(23,24)17-10-8-16(9-11-17)20(27)26-12-1-2-14-28-18-7-3-5-15-6-4-13-25-19(15)18/h3-11,13H,12,14H2,(H,26,27). The minimum Gasteiger partial charge on any atom is -0.479 e. The molecule has 0 aliphatic rings. The van der Waals surface area contributed by atoms with Crippen molar-refractivity contribution in [1.82, 2.24) is 10.3 Å². The Kier molecular flexibility index (Phi) is 5.80. The number of fused-ring (bicyclic) bond motifs is 1. The number of hydrogen-bond acceptors (Lipinski definition) is 3. The Morgan fingerprint density at radius 3 is 2.54 bits per heavy atom. The summed E-state index contributed by atoms with van der Waals surface area (Å²) in [5, 5.41) is 3.48. The average Bonchev–Trinajstić information content (AvgIpc) is 2.70. The predicted molar refractivity (Wildman–Crippen MR) is 98.8 cm³/mol. The van der Waals surface area contributed by atoms with Crippen LogP contribution in [0.4, 0.5) is 13.2 Å². The Hall–Kier alpha value is -3.53. The van der Waals surface area contributed by atoms with Gasteiger partial charge in [-0.2, -0.15) is 13.2 Å². The minimum absolute atomic E-state index is 0.0526. The molecule has 2 aromatic carbocycles. The topological polar surface area (TPSA) is 51.2 Å². The average molecular weight is 384 g/mol. The van der Waals surface area contributed by atoms with Gasteiger partial charge in [-0.25, -0.2) is 0 Å². The van der Waals surface area contributed by atoms with E-state index < -0.39 is 17.6 Å². The predicted octanol–water partition coefficient (Wildman–Crippen LogP) is 4.07. The van der Waals surface area contributed by atoms with Crippen LogP contribution in [0.1, 0.15) is 15.9 Å². The second-order valence-electron chi connectivity index (χ2n) is 5.73. The number of rotatable bonds is 4. The Morgan fingerprint density at radius 1 is 1.04 bits per heavy atom. The number of benzene rings is 2. The highest BCUT2D eigenvalue weighted by Crippen LogP contribution is 2.29. The first kappa shape index (κ1) is 19.2. The number of pyridine rings is 1. The summed E-state index contributed by atoms with van der Waals surface area (Å²) in [5.41, 5.74) is 0.0687. The van der Waals surface area contributed by atoms with E-state index in [-0.39, 0.29) is 18.7 Å². The van der Waals surface area contributed by atoms with Crippen molar-refractivity contribution in [2.45, 2.75) is 6.18 Å². The summed E-state index contributed by atoms with van der Waals surface area (Å²) >= 11 is 0. The second-order valence-corrected chi connectivity index (χ2v) is 5.73. The molecule has 0 radical (unpaired) electrons. The number of carbonyl (C=O) groups excluding carboxylic acids is 1. The van der Waals surface area contributed by atoms with E-state index in [1.165, 1.54) is 0 Å². The first-order valence-corrected chi connectivity index (χ1v) is 8.33. The maximum Gasteiger partial charge on any atom is 0.416 e. The first-order chi connectivity index (χ1) is 13.4. The normalized spacial score (nSPS) is 10.8. The van der Waals surface area contributed by atoms with Crippen LogP contribution in [0.25, 0.3) is 10.9 Å². The molecule has 1 heterocycles. The quantitative estimate of drug-likeness (QED) is 0.690. The second kappa shape index (κ2) is 8.44. The van der Waals surface area contributed by atoms with Gasteiger partial charge in [-0.1, -0.05) is 30.0 Å². The molecular weight excluding hydrogens is 369 g/mol. The summed E-state index contributed by atoms with van der Waals surface area (Å²) in [6, 6.07) is 13.3. The highest BCUT2D eigenvalue weighted by atomic mass is 19.4. The molecule has 28 heavy (non-hydrogen) atoms. The molecule has 142 valence electrons. The monoisotopic (exact) mass is 384 g/mol. The van der Waals surface area contributed by atoms with Gasteiger partial charge in [-0.3, -0.25) is 9.78 Å². The van der Waals surface area contributed by atoms with Crippen LogP contribution in [0.2, 0.25) is 0 Å². The number of amides is 1. The van der Waals surface area contributed by atoms with Crippen LogP contribution in [-0.2, 0) is 6.18 Å². The number of ether oxygens (including phenoxy) is 1. The third kappa shape index (κ3) is 4.80. The summed E-state index contributed by atoms with van der Waals surface area (Å²) in [5.74, 6) is 5.62. The van der Waals surface area contributed by atoms with E-state index in [0.717, 1.165) is 35.2 Å². The van der Waals surface area contributed by atoms with Crippen LogP contribution in [0.3, 0.4) is 0 Å². The zero-order valence-corrected chi connectivity index (χ0v) is 14.6. The van der Waals surface area contributed by atoms with E-state index in [1.54, 1.807) is 12.3 Å². The number of aromatic nitrogens is 1. The summed E-state index contributed by atoms with van der Waals surface area (Å²) < 4.78 is 43.1. The van der Waals surface area contributed by atoms with E-state index >= 15 is 0 Å². The lowest BCUT2D eigenvalue weighted by Gasteiger charge is -2.07. The van der Waals surface area contributed by atoms with E-state index in [9.17, 15) is 18.0 Å². The molecule has 1 N–H and O–H groups in total. The van der Waals surface area contributed by atoms with Crippen molar-refractivity contribution in [3.8, 4) is 17.6 Å². The summed E-state index contributed by atoms with van der Waals surface area (Å²) in [4.78, 5) is 16.2. The van der Waals surface area contributed by atoms with Crippen LogP contribution >= 0.6 is 0 Å². The van der Waals surface area contributed by atoms with Crippen molar-refractivity contribution in [3.05, 3.63) is 71.9 Å². The smallest absolute Gasteiger partial charge is 0.416 e. The fraction of sp³-hybridized carbons (Fsp3) is 0.143. The van der Waals surface area contributed by atoms with E-state index in [0.29, 0.717) is 5.75 Å². The molecule has 1 amide bonds. The molecule has 0 spiro atoms. The number of hydrogen-bond donors (Lipinski definition) is 1. The van der Waals surface area contributed by atoms with Gasteiger partial charge >= 0.3 is 6.18 Å². The van der Waals surface area contributed by atoms with Crippen molar-refractivity contribution in [1.29, 1.82) is 0 Å². The van der Waals surface area contributed by atoms with Gasteiger partial charge < -0.3 is 10.1 Å². The molecule has 0 saturated carbocycles. The molecule has 0 aliphatic carbocycles. The number of carbonyl (C=O) groups is 1. The van der Waals surface area contributed by atoms with Gasteiger partial charge in [-0.05, 0) is 36.4 Å². The van der Waals surface area contributed by atoms with Gasteiger partial charge in [0.15, 0.2) is 0 Å². The molecule has 0 atom stereocenters. The molecule has 4 nitrogen and oxygen atoms in total. The van der Waals surface area contributed by atoms with Crippen LogP contribution in [0, 0.1) is 11.8 Å². The number of alkyl halides is 3. The number of halogens is 3. The van der Waals surface area contributed by atoms with E-state index in [4.69, 9.17) is 4.74 Å². The highest BCUT2D eigenvalue weighted by Gasteiger charge is 2.30. The van der Waals surface area contributed by atoms with E-state index in [1.807, 2.05) is 24.3 Å². The SMILES string of the molecule is O=C(NCC#CCOc1cccc2cccnc12)c1ccc(C(F)(F)F)cc1. The van der Waals surface area contributed by atoms with Crippen LogP contribution in [-0.4, -0.2) is 24.0 Å². The summed E-state index contributed by atoms with van der Waals surface area (Å²) in [6.45, 7) is 0.169. The molecule has 0 aliphatic heterocycles. The lowest BCUT2D eigenvalue weighted by Crippen LogP contribution is -2.23. The van der Waals surface area contributed by atoms with Crippen LogP contribution in [0.5, 0.6) is 5.75 Å². The van der Waals surface area contributed by atoms with E-state index in [2.05, 4.69) is 22.1 Å². The van der Waals surface area contributed by atoms with Crippen molar-refractivity contribution in [2.75, 3.05) is 13.2 Å². The van der Waals surface area contributed by atoms with Crippen LogP contribution in [0.15, 0.2) is 60.8 Å². The fourth-order valence-corrected chi connectivity index (χ4v) is 2.46. The van der Waals surface area contributed by atoms with Gasteiger partial charge in [0, 0.05) is 17.1 Å². The van der Waals surface area contributed by atoms with Crippen molar-refractivity contribution < 1.29 is 22.7 Å². The highest BCUT2D eigenvalue weighted by molar-refractivity contribution is 5.94. The lowest BCUT2D eigenvalue weighted by molar-refractivity contribution is -0.137. The third-order valence-electron chi connectivity index (χ3n) is 3.83. The van der Waals surface area contributed by atoms with Crippen molar-refractivity contribution in [3.63, 3.8) is 0 Å². The molecule has 7 heteroatoms. The third-order valence-corrected chi connectivity index (χ3v) is 3.83. The molecule has 0 unspecified atom stereocenters. The Bertz CT molecular complexity index is 1030. The maximum absolute atomic E-state index is 12.5. The molecule has 0 fully saturated rings. The lowest BCUT2D eigenvalue weighted by atomic mass is 10.1. The maximum atomic E-state index is 12.5. The number of nitrogens with zero attached hydrogens (tertiary/aromatic N) is 1. The minimum atomic E-state index is -4.43.